The average molecular weight is 314 g/mol. The third-order valence-electron chi connectivity index (χ3n) is 2.88. The molecular formula is C14H13F3N2OS. The molecule has 0 amide bonds. The number of carbonyl (C=O) groups excluding carboxylic acids is 1. The van der Waals surface area contributed by atoms with Crippen molar-refractivity contribution in [1.82, 2.24) is 9.59 Å². The Balaban J connectivity index is 2.55. The number of aromatic nitrogens is 2. The van der Waals surface area contributed by atoms with Gasteiger partial charge in [-0.15, -0.1) is 5.10 Å². The van der Waals surface area contributed by atoms with Crippen molar-refractivity contribution >= 4 is 17.3 Å². The zero-order chi connectivity index (χ0) is 15.8. The Morgan fingerprint density at radius 3 is 2.33 bits per heavy atom. The quantitative estimate of drug-likeness (QED) is 0.784. The van der Waals surface area contributed by atoms with E-state index in [2.05, 4.69) is 9.59 Å². The molecule has 2 aromatic rings. The second-order valence-electron chi connectivity index (χ2n) is 5.57. The van der Waals surface area contributed by atoms with Gasteiger partial charge in [0.2, 0.25) is 5.78 Å². The highest BCUT2D eigenvalue weighted by atomic mass is 32.1. The number of halogens is 3. The lowest BCUT2D eigenvalue weighted by Gasteiger charge is -2.17. The van der Waals surface area contributed by atoms with Gasteiger partial charge in [-0.25, -0.2) is 0 Å². The number of carbonyl (C=O) groups is 1. The van der Waals surface area contributed by atoms with Crippen molar-refractivity contribution < 1.29 is 18.0 Å². The monoisotopic (exact) mass is 314 g/mol. The van der Waals surface area contributed by atoms with E-state index in [1.165, 1.54) is 18.2 Å². The van der Waals surface area contributed by atoms with Gasteiger partial charge >= 0.3 is 6.18 Å². The first-order chi connectivity index (χ1) is 9.62. The van der Waals surface area contributed by atoms with Gasteiger partial charge < -0.3 is 0 Å². The van der Waals surface area contributed by atoms with E-state index in [1.54, 1.807) is 0 Å². The van der Waals surface area contributed by atoms with E-state index in [1.807, 2.05) is 20.8 Å². The van der Waals surface area contributed by atoms with E-state index in [4.69, 9.17) is 0 Å². The van der Waals surface area contributed by atoms with Gasteiger partial charge in [0.25, 0.3) is 0 Å². The van der Waals surface area contributed by atoms with Gasteiger partial charge in [0, 0.05) is 11.0 Å². The largest absolute Gasteiger partial charge is 0.417 e. The normalized spacial score (nSPS) is 12.5. The number of hydrogen-bond acceptors (Lipinski definition) is 4. The van der Waals surface area contributed by atoms with Crippen molar-refractivity contribution in [2.75, 3.05) is 0 Å². The van der Waals surface area contributed by atoms with Crippen LogP contribution in [-0.2, 0) is 11.6 Å². The summed E-state index contributed by atoms with van der Waals surface area (Å²) in [6.45, 7) is 5.49. The van der Waals surface area contributed by atoms with Gasteiger partial charge in [-0.2, -0.15) is 13.2 Å². The maximum atomic E-state index is 13.0. The van der Waals surface area contributed by atoms with Gasteiger partial charge in [-0.1, -0.05) is 43.5 Å². The first-order valence-electron chi connectivity index (χ1n) is 6.16. The summed E-state index contributed by atoms with van der Waals surface area (Å²) in [5, 5.41) is 3.89. The SMILES string of the molecule is CC(C)(C)c1nnsc1C(=O)c1ccccc1C(F)(F)F. The molecule has 0 fully saturated rings. The highest BCUT2D eigenvalue weighted by Gasteiger charge is 2.36. The predicted octanol–water partition coefficient (Wildman–Crippen LogP) is 4.09. The summed E-state index contributed by atoms with van der Waals surface area (Å²) in [5.41, 5.74) is -1.37. The highest BCUT2D eigenvalue weighted by molar-refractivity contribution is 7.08. The third-order valence-corrected chi connectivity index (χ3v) is 3.61. The molecule has 0 saturated carbocycles. The Bertz CT molecular complexity index is 671. The van der Waals surface area contributed by atoms with E-state index in [-0.39, 0.29) is 10.4 Å². The molecule has 112 valence electrons. The third kappa shape index (κ3) is 3.12. The predicted molar refractivity (Wildman–Crippen MR) is 73.5 cm³/mol. The van der Waals surface area contributed by atoms with Gasteiger partial charge in [0.1, 0.15) is 4.88 Å². The second kappa shape index (κ2) is 5.22. The van der Waals surface area contributed by atoms with Crippen molar-refractivity contribution in [3.05, 3.63) is 46.0 Å². The van der Waals surface area contributed by atoms with Crippen LogP contribution in [0.1, 0.15) is 47.3 Å². The Hall–Kier alpha value is -1.76. The molecule has 1 heterocycles. The fourth-order valence-corrected chi connectivity index (χ4v) is 2.71. The number of ketones is 1. The van der Waals surface area contributed by atoms with Crippen molar-refractivity contribution in [3.63, 3.8) is 0 Å². The molecule has 0 aliphatic carbocycles. The highest BCUT2D eigenvalue weighted by Crippen LogP contribution is 2.34. The maximum Gasteiger partial charge on any atom is 0.417 e. The lowest BCUT2D eigenvalue weighted by atomic mass is 9.89. The summed E-state index contributed by atoms with van der Waals surface area (Å²) in [5.74, 6) is -0.692. The molecule has 0 spiro atoms. The van der Waals surface area contributed by atoms with Crippen LogP contribution in [0.4, 0.5) is 13.2 Å². The van der Waals surface area contributed by atoms with E-state index in [9.17, 15) is 18.0 Å². The van der Waals surface area contributed by atoms with E-state index < -0.39 is 22.9 Å². The smallest absolute Gasteiger partial charge is 0.288 e. The Morgan fingerprint density at radius 2 is 1.76 bits per heavy atom. The Morgan fingerprint density at radius 1 is 1.14 bits per heavy atom. The summed E-state index contributed by atoms with van der Waals surface area (Å²) in [7, 11) is 0. The molecule has 7 heteroatoms. The van der Waals surface area contributed by atoms with E-state index in [0.717, 1.165) is 17.6 Å². The van der Waals surface area contributed by atoms with Crippen molar-refractivity contribution in [1.29, 1.82) is 0 Å². The van der Waals surface area contributed by atoms with Crippen molar-refractivity contribution in [2.45, 2.75) is 32.4 Å². The summed E-state index contributed by atoms with van der Waals surface area (Å²) >= 11 is 0.821. The lowest BCUT2D eigenvalue weighted by Crippen LogP contribution is -2.19. The van der Waals surface area contributed by atoms with Crippen molar-refractivity contribution in [3.8, 4) is 0 Å². The number of benzene rings is 1. The van der Waals surface area contributed by atoms with Gasteiger partial charge in [0.15, 0.2) is 0 Å². The van der Waals surface area contributed by atoms with Crippen LogP contribution in [0.15, 0.2) is 24.3 Å². The van der Waals surface area contributed by atoms with Crippen LogP contribution >= 0.6 is 11.5 Å². The van der Waals surface area contributed by atoms with Crippen LogP contribution in [0.2, 0.25) is 0 Å². The van der Waals surface area contributed by atoms with Gasteiger partial charge in [-0.05, 0) is 17.6 Å². The van der Waals surface area contributed by atoms with Crippen molar-refractivity contribution in [2.24, 2.45) is 0 Å². The number of hydrogen-bond donors (Lipinski definition) is 0. The number of rotatable bonds is 2. The number of nitrogens with zero attached hydrogens (tertiary/aromatic N) is 2. The van der Waals surface area contributed by atoms with Crippen LogP contribution in [0.3, 0.4) is 0 Å². The summed E-state index contributed by atoms with van der Waals surface area (Å²) in [4.78, 5) is 12.6. The summed E-state index contributed by atoms with van der Waals surface area (Å²) < 4.78 is 42.7. The minimum Gasteiger partial charge on any atom is -0.288 e. The molecule has 2 rings (SSSR count). The molecule has 0 radical (unpaired) electrons. The molecule has 0 aliphatic heterocycles. The van der Waals surface area contributed by atoms with E-state index >= 15 is 0 Å². The first kappa shape index (κ1) is 15.6. The fourth-order valence-electron chi connectivity index (χ4n) is 1.88. The average Bonchev–Trinajstić information content (AvgIpc) is 2.86. The second-order valence-corrected chi connectivity index (χ2v) is 6.33. The molecule has 0 aliphatic rings. The van der Waals surface area contributed by atoms with Crippen LogP contribution in [0.25, 0.3) is 0 Å². The van der Waals surface area contributed by atoms with Gasteiger partial charge in [-0.3, -0.25) is 4.79 Å². The van der Waals surface area contributed by atoms with Crippen LogP contribution < -0.4 is 0 Å². The zero-order valence-electron chi connectivity index (χ0n) is 11.7. The standard InChI is InChI=1S/C14H13F3N2OS/c1-13(2,3)12-11(21-19-18-12)10(20)8-6-4-5-7-9(8)14(15,16)17/h4-7H,1-3H3. The topological polar surface area (TPSA) is 42.9 Å². The molecule has 0 atom stereocenters. The molecule has 21 heavy (non-hydrogen) atoms. The molecular weight excluding hydrogens is 301 g/mol. The molecule has 3 nitrogen and oxygen atoms in total. The van der Waals surface area contributed by atoms with Gasteiger partial charge in [0.05, 0.1) is 11.3 Å². The van der Waals surface area contributed by atoms with Crippen LogP contribution in [-0.4, -0.2) is 15.4 Å². The molecule has 0 saturated heterocycles. The van der Waals surface area contributed by atoms with Crippen LogP contribution in [0.5, 0.6) is 0 Å². The molecule has 0 unspecified atom stereocenters. The lowest BCUT2D eigenvalue weighted by molar-refractivity contribution is -0.137. The molecule has 1 aromatic heterocycles. The molecule has 0 N–H and O–H groups in total. The first-order valence-corrected chi connectivity index (χ1v) is 6.93. The Kier molecular flexibility index (Phi) is 3.88. The van der Waals surface area contributed by atoms with Crippen LogP contribution in [0, 0.1) is 0 Å². The summed E-state index contributed by atoms with van der Waals surface area (Å²) in [6, 6.07) is 4.75. The Labute approximate surface area is 124 Å². The summed E-state index contributed by atoms with van der Waals surface area (Å²) in [6.07, 6.45) is -4.58. The molecule has 1 aromatic carbocycles. The maximum absolute atomic E-state index is 13.0. The number of alkyl halides is 3. The molecule has 0 bridgehead atoms. The minimum atomic E-state index is -4.58. The van der Waals surface area contributed by atoms with E-state index in [0.29, 0.717) is 5.69 Å². The fraction of sp³-hybridized carbons (Fsp3) is 0.357. The zero-order valence-corrected chi connectivity index (χ0v) is 12.5. The minimum absolute atomic E-state index is 0.152.